The third-order valence-corrected chi connectivity index (χ3v) is 4.40. The smallest absolute Gasteiger partial charge is 0.193 e. The molecule has 0 saturated carbocycles. The third-order valence-electron chi connectivity index (χ3n) is 3.49. The molecular formula is C18H12Br2O. The Labute approximate surface area is 140 Å². The van der Waals surface area contributed by atoms with Gasteiger partial charge < -0.3 is 0 Å². The van der Waals surface area contributed by atoms with Crippen molar-refractivity contribution in [2.24, 2.45) is 0 Å². The SMILES string of the molecule is Cc1ccc2ccccc2c1C(=O)c1cc(Br)cc(Br)c1. The molecule has 0 N–H and O–H groups in total. The van der Waals surface area contributed by atoms with Crippen LogP contribution in [0.25, 0.3) is 10.8 Å². The molecule has 0 fully saturated rings. The molecule has 0 bridgehead atoms. The first-order valence-corrected chi connectivity index (χ1v) is 8.14. The van der Waals surface area contributed by atoms with Crippen LogP contribution in [0.3, 0.4) is 0 Å². The maximum atomic E-state index is 12.9. The van der Waals surface area contributed by atoms with Crippen LogP contribution in [0.2, 0.25) is 0 Å². The Bertz CT molecular complexity index is 833. The highest BCUT2D eigenvalue weighted by atomic mass is 79.9. The van der Waals surface area contributed by atoms with Crippen molar-refractivity contribution in [3.05, 3.63) is 80.2 Å². The van der Waals surface area contributed by atoms with E-state index in [2.05, 4.69) is 37.9 Å². The number of hydrogen-bond acceptors (Lipinski definition) is 1. The number of fused-ring (bicyclic) bond motifs is 1. The number of aryl methyl sites for hydroxylation is 1. The Kier molecular flexibility index (Phi) is 3.96. The molecule has 1 nitrogen and oxygen atoms in total. The molecule has 3 rings (SSSR count). The van der Waals surface area contributed by atoms with Gasteiger partial charge in [-0.25, -0.2) is 0 Å². The molecule has 0 atom stereocenters. The fourth-order valence-electron chi connectivity index (χ4n) is 2.51. The molecule has 0 amide bonds. The first-order valence-electron chi connectivity index (χ1n) is 6.55. The molecule has 3 heteroatoms. The van der Waals surface area contributed by atoms with Crippen LogP contribution in [0.4, 0.5) is 0 Å². The predicted molar refractivity (Wildman–Crippen MR) is 94.0 cm³/mol. The monoisotopic (exact) mass is 402 g/mol. The van der Waals surface area contributed by atoms with E-state index in [-0.39, 0.29) is 5.78 Å². The summed E-state index contributed by atoms with van der Waals surface area (Å²) < 4.78 is 1.77. The number of carbonyl (C=O) groups is 1. The van der Waals surface area contributed by atoms with Crippen molar-refractivity contribution in [2.45, 2.75) is 6.92 Å². The summed E-state index contributed by atoms with van der Waals surface area (Å²) in [6.45, 7) is 1.98. The lowest BCUT2D eigenvalue weighted by atomic mass is 9.93. The van der Waals surface area contributed by atoms with Crippen LogP contribution in [-0.4, -0.2) is 5.78 Å². The Hall–Kier alpha value is -1.45. The van der Waals surface area contributed by atoms with Crippen LogP contribution < -0.4 is 0 Å². The molecule has 3 aromatic rings. The van der Waals surface area contributed by atoms with Crippen molar-refractivity contribution < 1.29 is 4.79 Å². The largest absolute Gasteiger partial charge is 0.289 e. The summed E-state index contributed by atoms with van der Waals surface area (Å²) in [5.74, 6) is 0.0475. The van der Waals surface area contributed by atoms with E-state index in [1.807, 2.05) is 55.5 Å². The third kappa shape index (κ3) is 2.81. The van der Waals surface area contributed by atoms with Gasteiger partial charge in [0, 0.05) is 20.1 Å². The van der Waals surface area contributed by atoms with Gasteiger partial charge in [0.1, 0.15) is 0 Å². The number of halogens is 2. The number of carbonyl (C=O) groups excluding carboxylic acids is 1. The van der Waals surface area contributed by atoms with Gasteiger partial charge in [-0.2, -0.15) is 0 Å². The average Bonchev–Trinajstić information content (AvgIpc) is 2.45. The Morgan fingerprint density at radius 2 is 1.57 bits per heavy atom. The molecule has 104 valence electrons. The first-order chi connectivity index (χ1) is 10.1. The zero-order valence-corrected chi connectivity index (χ0v) is 14.5. The lowest BCUT2D eigenvalue weighted by molar-refractivity contribution is 0.103. The summed E-state index contributed by atoms with van der Waals surface area (Å²) in [5, 5.41) is 2.08. The summed E-state index contributed by atoms with van der Waals surface area (Å²) in [7, 11) is 0. The zero-order chi connectivity index (χ0) is 15.0. The van der Waals surface area contributed by atoms with Gasteiger partial charge in [-0.05, 0) is 41.5 Å². The van der Waals surface area contributed by atoms with Crippen molar-refractivity contribution in [2.75, 3.05) is 0 Å². The van der Waals surface area contributed by atoms with E-state index in [0.29, 0.717) is 5.56 Å². The van der Waals surface area contributed by atoms with Gasteiger partial charge in [0.25, 0.3) is 0 Å². The Balaban J connectivity index is 2.24. The van der Waals surface area contributed by atoms with E-state index >= 15 is 0 Å². The van der Waals surface area contributed by atoms with E-state index in [4.69, 9.17) is 0 Å². The highest BCUT2D eigenvalue weighted by molar-refractivity contribution is 9.11. The van der Waals surface area contributed by atoms with Crippen LogP contribution in [0.5, 0.6) is 0 Å². The van der Waals surface area contributed by atoms with E-state index < -0.39 is 0 Å². The van der Waals surface area contributed by atoms with E-state index in [1.165, 1.54) is 0 Å². The number of hydrogen-bond donors (Lipinski definition) is 0. The molecule has 0 aliphatic carbocycles. The Morgan fingerprint density at radius 3 is 2.29 bits per heavy atom. The molecule has 0 spiro atoms. The van der Waals surface area contributed by atoms with E-state index in [0.717, 1.165) is 30.8 Å². The fraction of sp³-hybridized carbons (Fsp3) is 0.0556. The second-order valence-corrected chi connectivity index (χ2v) is 6.80. The maximum Gasteiger partial charge on any atom is 0.193 e. The van der Waals surface area contributed by atoms with E-state index in [1.54, 1.807) is 0 Å². The molecule has 0 saturated heterocycles. The van der Waals surface area contributed by atoms with Crippen molar-refractivity contribution in [3.8, 4) is 0 Å². The molecular weight excluding hydrogens is 392 g/mol. The summed E-state index contributed by atoms with van der Waals surface area (Å²) in [5.41, 5.74) is 2.45. The fourth-order valence-corrected chi connectivity index (χ4v) is 3.80. The van der Waals surface area contributed by atoms with Gasteiger partial charge in [-0.1, -0.05) is 68.3 Å². The van der Waals surface area contributed by atoms with Gasteiger partial charge in [-0.15, -0.1) is 0 Å². The van der Waals surface area contributed by atoms with Crippen LogP contribution in [0, 0.1) is 6.92 Å². The Morgan fingerprint density at radius 1 is 0.905 bits per heavy atom. The standard InChI is InChI=1S/C18H12Br2O/c1-11-6-7-12-4-2-3-5-16(12)17(11)18(21)13-8-14(19)10-15(20)9-13/h2-10H,1H3. The van der Waals surface area contributed by atoms with Crippen molar-refractivity contribution in [3.63, 3.8) is 0 Å². The van der Waals surface area contributed by atoms with Gasteiger partial charge in [0.15, 0.2) is 5.78 Å². The van der Waals surface area contributed by atoms with Crippen molar-refractivity contribution in [1.82, 2.24) is 0 Å². The quantitative estimate of drug-likeness (QED) is 0.486. The minimum absolute atomic E-state index is 0.0475. The van der Waals surface area contributed by atoms with Gasteiger partial charge >= 0.3 is 0 Å². The lowest BCUT2D eigenvalue weighted by Gasteiger charge is -2.10. The number of benzene rings is 3. The molecule has 0 aliphatic heterocycles. The van der Waals surface area contributed by atoms with Gasteiger partial charge in [0.2, 0.25) is 0 Å². The van der Waals surface area contributed by atoms with Crippen LogP contribution in [0.1, 0.15) is 21.5 Å². The maximum absolute atomic E-state index is 12.9. The molecule has 0 heterocycles. The second kappa shape index (κ2) is 5.74. The average molecular weight is 404 g/mol. The minimum atomic E-state index is 0.0475. The summed E-state index contributed by atoms with van der Waals surface area (Å²) in [6.07, 6.45) is 0. The lowest BCUT2D eigenvalue weighted by Crippen LogP contribution is -2.05. The molecule has 3 aromatic carbocycles. The van der Waals surface area contributed by atoms with Gasteiger partial charge in [-0.3, -0.25) is 4.79 Å². The van der Waals surface area contributed by atoms with Crippen molar-refractivity contribution in [1.29, 1.82) is 0 Å². The van der Waals surface area contributed by atoms with E-state index in [9.17, 15) is 4.79 Å². The molecule has 0 unspecified atom stereocenters. The summed E-state index contributed by atoms with van der Waals surface area (Å²) in [6, 6.07) is 17.7. The minimum Gasteiger partial charge on any atom is -0.289 e. The summed E-state index contributed by atoms with van der Waals surface area (Å²) >= 11 is 6.88. The predicted octanol–water partition coefficient (Wildman–Crippen LogP) is 5.90. The molecule has 21 heavy (non-hydrogen) atoms. The van der Waals surface area contributed by atoms with Gasteiger partial charge in [0.05, 0.1) is 0 Å². The van der Waals surface area contributed by atoms with Crippen molar-refractivity contribution >= 4 is 48.4 Å². The molecule has 0 radical (unpaired) electrons. The molecule has 0 aliphatic rings. The number of ketones is 1. The van der Waals surface area contributed by atoms with Crippen LogP contribution >= 0.6 is 31.9 Å². The van der Waals surface area contributed by atoms with Crippen LogP contribution in [-0.2, 0) is 0 Å². The number of rotatable bonds is 2. The zero-order valence-electron chi connectivity index (χ0n) is 11.4. The van der Waals surface area contributed by atoms with Crippen LogP contribution in [0.15, 0.2) is 63.5 Å². The first kappa shape index (κ1) is 14.5. The second-order valence-electron chi connectivity index (χ2n) is 4.97. The topological polar surface area (TPSA) is 17.1 Å². The normalized spacial score (nSPS) is 10.8. The summed E-state index contributed by atoms with van der Waals surface area (Å²) in [4.78, 5) is 12.9. The molecule has 0 aromatic heterocycles. The highest BCUT2D eigenvalue weighted by Crippen LogP contribution is 2.27. The highest BCUT2D eigenvalue weighted by Gasteiger charge is 2.16.